The lowest BCUT2D eigenvalue weighted by molar-refractivity contribution is -0.276. The monoisotopic (exact) mass is 632 g/mol. The van der Waals surface area contributed by atoms with E-state index in [1.165, 1.54) is 0 Å². The minimum Gasteiger partial charge on any atom is -0.392 e. The van der Waals surface area contributed by atoms with Crippen LogP contribution in [-0.4, -0.2) is 51.2 Å². The van der Waals surface area contributed by atoms with Gasteiger partial charge in [-0.15, -0.1) is 0 Å². The quantitative estimate of drug-likeness (QED) is 0.188. The first kappa shape index (κ1) is 31.1. The number of H-pyrrole nitrogens is 1. The normalized spacial score (nSPS) is 22.3. The Balaban J connectivity index is 1.09. The van der Waals surface area contributed by atoms with Crippen molar-refractivity contribution >= 4 is 22.6 Å². The SMILES string of the molecule is C[C@@H]1[C@H](CN2CCC(n3c(=O)[nH]c4ccccc43)CC2)O[C@H](c2cccc(NC(=O)c3ccccc3)c2)O[C@@H]1c1ccc(CO)cc1. The lowest BCUT2D eigenvalue weighted by Crippen LogP contribution is -2.47. The van der Waals surface area contributed by atoms with E-state index in [0.717, 1.165) is 60.2 Å². The zero-order valence-corrected chi connectivity index (χ0v) is 26.4. The number of benzene rings is 4. The fourth-order valence-electron chi connectivity index (χ4n) is 6.94. The fourth-order valence-corrected chi connectivity index (χ4v) is 6.94. The zero-order valence-electron chi connectivity index (χ0n) is 26.4. The number of fused-ring (bicyclic) bond motifs is 1. The second-order valence-electron chi connectivity index (χ2n) is 12.6. The van der Waals surface area contributed by atoms with Crippen molar-refractivity contribution in [1.29, 1.82) is 0 Å². The van der Waals surface area contributed by atoms with Crippen LogP contribution in [0.2, 0.25) is 0 Å². The molecule has 4 atom stereocenters. The first-order chi connectivity index (χ1) is 23.0. The minimum atomic E-state index is -0.644. The molecule has 1 amide bonds. The van der Waals surface area contributed by atoms with Crippen molar-refractivity contribution in [2.24, 2.45) is 5.92 Å². The number of imidazole rings is 1. The van der Waals surface area contributed by atoms with Gasteiger partial charge in [0.1, 0.15) is 0 Å². The molecule has 47 heavy (non-hydrogen) atoms. The average Bonchev–Trinajstić information content (AvgIpc) is 3.45. The van der Waals surface area contributed by atoms with Crippen LogP contribution in [0.1, 0.15) is 65.2 Å². The van der Waals surface area contributed by atoms with Crippen LogP contribution in [0.25, 0.3) is 11.0 Å². The highest BCUT2D eigenvalue weighted by Crippen LogP contribution is 2.42. The number of likely N-dealkylation sites (tertiary alicyclic amines) is 1. The number of piperidine rings is 1. The number of aromatic nitrogens is 2. The molecule has 5 aromatic rings. The Hall–Kier alpha value is -4.54. The topological polar surface area (TPSA) is 109 Å². The summed E-state index contributed by atoms with van der Waals surface area (Å²) in [6.45, 7) is 4.58. The molecule has 0 aliphatic carbocycles. The van der Waals surface area contributed by atoms with E-state index < -0.39 is 6.29 Å². The van der Waals surface area contributed by atoms with Crippen LogP contribution in [0.15, 0.2) is 108 Å². The summed E-state index contributed by atoms with van der Waals surface area (Å²) < 4.78 is 15.3. The molecule has 242 valence electrons. The molecular weight excluding hydrogens is 592 g/mol. The van der Waals surface area contributed by atoms with Gasteiger partial charge in [-0.05, 0) is 60.4 Å². The van der Waals surface area contributed by atoms with Gasteiger partial charge in [0.15, 0.2) is 6.29 Å². The summed E-state index contributed by atoms with van der Waals surface area (Å²) in [6, 6.07) is 32.7. The van der Waals surface area contributed by atoms with Crippen LogP contribution in [0.3, 0.4) is 0 Å². The summed E-state index contributed by atoms with van der Waals surface area (Å²) in [5.41, 5.74) is 5.72. The van der Waals surface area contributed by atoms with E-state index in [1.807, 2.05) is 95.6 Å². The molecule has 2 saturated heterocycles. The Kier molecular flexibility index (Phi) is 9.04. The number of amides is 1. The molecule has 9 nitrogen and oxygen atoms in total. The van der Waals surface area contributed by atoms with Crippen molar-refractivity contribution in [1.82, 2.24) is 14.5 Å². The number of anilines is 1. The van der Waals surface area contributed by atoms with E-state index in [-0.39, 0.29) is 42.4 Å². The molecule has 0 saturated carbocycles. The maximum Gasteiger partial charge on any atom is 0.326 e. The predicted octanol–water partition coefficient (Wildman–Crippen LogP) is 6.20. The zero-order chi connectivity index (χ0) is 32.3. The van der Waals surface area contributed by atoms with Gasteiger partial charge in [0, 0.05) is 48.4 Å². The number of hydrogen-bond acceptors (Lipinski definition) is 6. The van der Waals surface area contributed by atoms with Gasteiger partial charge in [0.2, 0.25) is 0 Å². The van der Waals surface area contributed by atoms with Gasteiger partial charge in [0.05, 0.1) is 29.8 Å². The van der Waals surface area contributed by atoms with Gasteiger partial charge >= 0.3 is 5.69 Å². The Morgan fingerprint density at radius 1 is 0.894 bits per heavy atom. The van der Waals surface area contributed by atoms with E-state index in [2.05, 4.69) is 22.1 Å². The van der Waals surface area contributed by atoms with Gasteiger partial charge in [-0.2, -0.15) is 0 Å². The molecule has 3 heterocycles. The van der Waals surface area contributed by atoms with Crippen molar-refractivity contribution in [3.8, 4) is 0 Å². The molecule has 2 aliphatic heterocycles. The molecule has 2 fully saturated rings. The number of nitrogens with one attached hydrogen (secondary N) is 2. The summed E-state index contributed by atoms with van der Waals surface area (Å²) in [4.78, 5) is 31.1. The van der Waals surface area contributed by atoms with Crippen molar-refractivity contribution in [3.05, 3.63) is 136 Å². The minimum absolute atomic E-state index is 0.0160. The Labute approximate surface area is 273 Å². The van der Waals surface area contributed by atoms with Crippen molar-refractivity contribution < 1.29 is 19.4 Å². The van der Waals surface area contributed by atoms with Gasteiger partial charge < -0.3 is 29.8 Å². The number of para-hydroxylation sites is 2. The maximum atomic E-state index is 12.9. The molecule has 4 aromatic carbocycles. The number of rotatable bonds is 8. The Morgan fingerprint density at radius 3 is 2.40 bits per heavy atom. The maximum absolute atomic E-state index is 12.9. The lowest BCUT2D eigenvalue weighted by Gasteiger charge is -2.44. The molecule has 0 radical (unpaired) electrons. The smallest absolute Gasteiger partial charge is 0.326 e. The van der Waals surface area contributed by atoms with Crippen LogP contribution in [-0.2, 0) is 16.1 Å². The fraction of sp³-hybridized carbons (Fsp3) is 0.316. The third-order valence-electron chi connectivity index (χ3n) is 9.56. The van der Waals surface area contributed by atoms with Crippen LogP contribution >= 0.6 is 0 Å². The number of hydrogen-bond donors (Lipinski definition) is 3. The summed E-state index contributed by atoms with van der Waals surface area (Å²) in [5.74, 6) is -0.138. The van der Waals surface area contributed by atoms with Crippen LogP contribution in [0.5, 0.6) is 0 Å². The van der Waals surface area contributed by atoms with Crippen molar-refractivity contribution in [2.45, 2.75) is 50.9 Å². The molecule has 9 heteroatoms. The number of aromatic amines is 1. The molecule has 0 unspecified atom stereocenters. The van der Waals surface area contributed by atoms with Crippen LogP contribution < -0.4 is 11.0 Å². The standard InChI is InChI=1S/C38H40N4O5/c1-25-34(23-41-20-18-31(19-21-41)42-33-13-6-5-12-32(33)40-38(42)45)46-37(47-35(25)27-16-14-26(24-43)15-17-27)29-10-7-11-30(22-29)39-36(44)28-8-3-2-4-9-28/h2-17,22,25,31,34-35,37,43H,18-21,23-24H2,1H3,(H,39,44)(H,40,45)/t25-,34+,35+,37+/m1/s1. The van der Waals surface area contributed by atoms with E-state index in [9.17, 15) is 14.7 Å². The third kappa shape index (κ3) is 6.66. The van der Waals surface area contributed by atoms with Gasteiger partial charge in [-0.3, -0.25) is 9.36 Å². The Bertz CT molecular complexity index is 1880. The summed E-state index contributed by atoms with van der Waals surface area (Å²) in [7, 11) is 0. The average molecular weight is 633 g/mol. The first-order valence-electron chi connectivity index (χ1n) is 16.4. The second kappa shape index (κ2) is 13.7. The third-order valence-corrected chi connectivity index (χ3v) is 9.56. The largest absolute Gasteiger partial charge is 0.392 e. The first-order valence-corrected chi connectivity index (χ1v) is 16.4. The number of ether oxygens (including phenoxy) is 2. The number of aliphatic hydroxyl groups is 1. The summed E-state index contributed by atoms with van der Waals surface area (Å²) in [5, 5.41) is 12.6. The molecular formula is C38H40N4O5. The second-order valence-corrected chi connectivity index (χ2v) is 12.6. The molecule has 0 bridgehead atoms. The van der Waals surface area contributed by atoms with Crippen molar-refractivity contribution in [2.75, 3.05) is 25.0 Å². The summed E-state index contributed by atoms with van der Waals surface area (Å²) >= 11 is 0. The predicted molar refractivity (Wildman–Crippen MR) is 181 cm³/mol. The van der Waals surface area contributed by atoms with E-state index in [4.69, 9.17) is 9.47 Å². The molecule has 3 N–H and O–H groups in total. The molecule has 0 spiro atoms. The highest BCUT2D eigenvalue weighted by molar-refractivity contribution is 6.04. The van der Waals surface area contributed by atoms with E-state index in [0.29, 0.717) is 11.3 Å². The highest BCUT2D eigenvalue weighted by atomic mass is 16.7. The molecule has 2 aliphatic rings. The van der Waals surface area contributed by atoms with Gasteiger partial charge in [0.25, 0.3) is 5.91 Å². The number of aliphatic hydroxyl groups excluding tert-OH is 1. The van der Waals surface area contributed by atoms with Gasteiger partial charge in [-0.25, -0.2) is 4.79 Å². The summed E-state index contributed by atoms with van der Waals surface area (Å²) in [6.07, 6.45) is 0.730. The van der Waals surface area contributed by atoms with Crippen LogP contribution in [0.4, 0.5) is 5.69 Å². The van der Waals surface area contributed by atoms with E-state index in [1.54, 1.807) is 12.1 Å². The van der Waals surface area contributed by atoms with Gasteiger partial charge in [-0.1, -0.05) is 73.7 Å². The van der Waals surface area contributed by atoms with E-state index >= 15 is 0 Å². The number of carbonyl (C=O) groups excluding carboxylic acids is 1. The highest BCUT2D eigenvalue weighted by Gasteiger charge is 2.39. The number of nitrogens with zero attached hydrogens (tertiary/aromatic N) is 2. The molecule has 1 aromatic heterocycles. The van der Waals surface area contributed by atoms with Crippen LogP contribution in [0, 0.1) is 5.92 Å². The number of carbonyl (C=O) groups is 1. The molecule has 7 rings (SSSR count). The lowest BCUT2D eigenvalue weighted by atomic mass is 9.89. The van der Waals surface area contributed by atoms with Crippen molar-refractivity contribution in [3.63, 3.8) is 0 Å². The Morgan fingerprint density at radius 2 is 1.64 bits per heavy atom.